The number of nitrogens with one attached hydrogen (secondary N) is 1. The van der Waals surface area contributed by atoms with E-state index in [1.54, 1.807) is 0 Å². The quantitative estimate of drug-likeness (QED) is 0.833. The van der Waals surface area contributed by atoms with Crippen molar-refractivity contribution in [1.29, 1.82) is 0 Å². The number of rotatable bonds is 6. The molecule has 1 aliphatic carbocycles. The van der Waals surface area contributed by atoms with E-state index in [4.69, 9.17) is 4.74 Å². The largest absolute Gasteiger partial charge is 0.369 e. The molecule has 0 spiro atoms. The van der Waals surface area contributed by atoms with Gasteiger partial charge in [-0.05, 0) is 18.4 Å². The molecular weight excluding hydrogens is 234 g/mol. The maximum absolute atomic E-state index is 6.37. The monoisotopic (exact) mass is 261 g/mol. The van der Waals surface area contributed by atoms with Gasteiger partial charge < -0.3 is 10.1 Å². The van der Waals surface area contributed by atoms with Crippen LogP contribution in [0.25, 0.3) is 0 Å². The molecular formula is C17H27NO. The Hall–Kier alpha value is -0.860. The van der Waals surface area contributed by atoms with Gasteiger partial charge in [-0.3, -0.25) is 0 Å². The van der Waals surface area contributed by atoms with Gasteiger partial charge in [0, 0.05) is 12.6 Å². The van der Waals surface area contributed by atoms with Crippen LogP contribution in [0.2, 0.25) is 0 Å². The zero-order valence-electron chi connectivity index (χ0n) is 12.3. The fourth-order valence-electron chi connectivity index (χ4n) is 2.69. The Kier molecular flexibility index (Phi) is 5.87. The fraction of sp³-hybridized carbons (Fsp3) is 0.647. The second-order valence-corrected chi connectivity index (χ2v) is 5.86. The molecule has 1 aromatic carbocycles. The molecule has 1 fully saturated rings. The van der Waals surface area contributed by atoms with Gasteiger partial charge in [-0.25, -0.2) is 0 Å². The molecule has 1 aromatic rings. The molecule has 1 N–H and O–H groups in total. The third-order valence-corrected chi connectivity index (χ3v) is 3.79. The summed E-state index contributed by atoms with van der Waals surface area (Å²) < 4.78 is 6.37. The molecule has 1 unspecified atom stereocenters. The lowest BCUT2D eigenvalue weighted by Crippen LogP contribution is -2.31. The van der Waals surface area contributed by atoms with Crippen molar-refractivity contribution in [1.82, 2.24) is 5.32 Å². The highest BCUT2D eigenvalue weighted by Gasteiger charge is 2.20. The number of hydrogen-bond acceptors (Lipinski definition) is 2. The highest BCUT2D eigenvalue weighted by Crippen LogP contribution is 2.26. The zero-order chi connectivity index (χ0) is 13.5. The van der Waals surface area contributed by atoms with E-state index in [-0.39, 0.29) is 6.10 Å². The van der Waals surface area contributed by atoms with Gasteiger partial charge in [0.15, 0.2) is 0 Å². The molecule has 106 valence electrons. The van der Waals surface area contributed by atoms with Gasteiger partial charge in [0.1, 0.15) is 0 Å². The molecule has 0 saturated heterocycles. The standard InChI is InChI=1S/C17H27NO/c1-14(2)18-13-17(15-9-5-3-6-10-15)19-16-11-7-4-8-12-16/h3,5-6,9-10,14,16-18H,4,7-8,11-13H2,1-2H3. The average molecular weight is 261 g/mol. The predicted molar refractivity (Wildman–Crippen MR) is 80.3 cm³/mol. The van der Waals surface area contributed by atoms with Crippen LogP contribution in [0.3, 0.4) is 0 Å². The van der Waals surface area contributed by atoms with E-state index in [2.05, 4.69) is 49.5 Å². The van der Waals surface area contributed by atoms with E-state index >= 15 is 0 Å². The van der Waals surface area contributed by atoms with Crippen LogP contribution in [0.1, 0.15) is 57.6 Å². The minimum absolute atomic E-state index is 0.187. The molecule has 0 aromatic heterocycles. The first-order valence-electron chi connectivity index (χ1n) is 7.69. The van der Waals surface area contributed by atoms with Crippen molar-refractivity contribution in [2.24, 2.45) is 0 Å². The van der Waals surface area contributed by atoms with Gasteiger partial charge in [0.25, 0.3) is 0 Å². The SMILES string of the molecule is CC(C)NCC(OC1CCCCC1)c1ccccc1. The predicted octanol–water partition coefficient (Wildman–Crippen LogP) is 4.08. The molecule has 1 aliphatic rings. The first kappa shape index (κ1) is 14.5. The van der Waals surface area contributed by atoms with Crippen LogP contribution < -0.4 is 5.32 Å². The molecule has 19 heavy (non-hydrogen) atoms. The van der Waals surface area contributed by atoms with Crippen molar-refractivity contribution in [3.8, 4) is 0 Å². The highest BCUT2D eigenvalue weighted by atomic mass is 16.5. The Bertz CT molecular complexity index is 344. The van der Waals surface area contributed by atoms with E-state index in [1.165, 1.54) is 37.7 Å². The molecule has 0 radical (unpaired) electrons. The van der Waals surface area contributed by atoms with E-state index in [9.17, 15) is 0 Å². The van der Waals surface area contributed by atoms with Gasteiger partial charge in [0.05, 0.1) is 12.2 Å². The summed E-state index contributed by atoms with van der Waals surface area (Å²) in [6.07, 6.45) is 7.11. The Morgan fingerprint density at radius 2 is 1.79 bits per heavy atom. The van der Waals surface area contributed by atoms with E-state index in [1.807, 2.05) is 0 Å². The number of hydrogen-bond donors (Lipinski definition) is 1. The topological polar surface area (TPSA) is 21.3 Å². The first-order valence-corrected chi connectivity index (χ1v) is 7.69. The minimum atomic E-state index is 0.187. The van der Waals surface area contributed by atoms with Crippen LogP contribution in [0.15, 0.2) is 30.3 Å². The summed E-state index contributed by atoms with van der Waals surface area (Å²) in [5.74, 6) is 0. The molecule has 2 nitrogen and oxygen atoms in total. The van der Waals surface area contributed by atoms with Crippen LogP contribution >= 0.6 is 0 Å². The normalized spacial score (nSPS) is 18.7. The summed E-state index contributed by atoms with van der Waals surface area (Å²) in [5, 5.41) is 3.51. The zero-order valence-corrected chi connectivity index (χ0v) is 12.3. The van der Waals surface area contributed by atoms with Gasteiger partial charge >= 0.3 is 0 Å². The van der Waals surface area contributed by atoms with Crippen molar-refractivity contribution in [3.05, 3.63) is 35.9 Å². The molecule has 1 atom stereocenters. The lowest BCUT2D eigenvalue weighted by atomic mass is 9.97. The molecule has 0 heterocycles. The molecule has 0 amide bonds. The number of benzene rings is 1. The van der Waals surface area contributed by atoms with Crippen molar-refractivity contribution in [2.75, 3.05) is 6.54 Å². The summed E-state index contributed by atoms with van der Waals surface area (Å²) in [6, 6.07) is 11.1. The van der Waals surface area contributed by atoms with Crippen LogP contribution in [0, 0.1) is 0 Å². The van der Waals surface area contributed by atoms with Crippen molar-refractivity contribution >= 4 is 0 Å². The van der Waals surface area contributed by atoms with E-state index in [0.717, 1.165) is 6.54 Å². The summed E-state index contributed by atoms with van der Waals surface area (Å²) in [4.78, 5) is 0. The van der Waals surface area contributed by atoms with Crippen LogP contribution in [0.5, 0.6) is 0 Å². The number of ether oxygens (including phenoxy) is 1. The molecule has 0 bridgehead atoms. The Morgan fingerprint density at radius 1 is 1.11 bits per heavy atom. The molecule has 2 heteroatoms. The van der Waals surface area contributed by atoms with Crippen LogP contribution in [-0.2, 0) is 4.74 Å². The fourth-order valence-corrected chi connectivity index (χ4v) is 2.69. The summed E-state index contributed by atoms with van der Waals surface area (Å²) >= 11 is 0. The maximum Gasteiger partial charge on any atom is 0.0953 e. The van der Waals surface area contributed by atoms with Gasteiger partial charge in [-0.1, -0.05) is 63.4 Å². The first-order chi connectivity index (χ1) is 9.25. The second-order valence-electron chi connectivity index (χ2n) is 5.86. The molecule has 1 saturated carbocycles. The third kappa shape index (κ3) is 4.96. The highest BCUT2D eigenvalue weighted by molar-refractivity contribution is 5.18. The van der Waals surface area contributed by atoms with Crippen molar-refractivity contribution < 1.29 is 4.74 Å². The van der Waals surface area contributed by atoms with Crippen LogP contribution in [0.4, 0.5) is 0 Å². The van der Waals surface area contributed by atoms with Crippen molar-refractivity contribution in [3.63, 3.8) is 0 Å². The Morgan fingerprint density at radius 3 is 2.42 bits per heavy atom. The smallest absolute Gasteiger partial charge is 0.0953 e. The van der Waals surface area contributed by atoms with Crippen LogP contribution in [-0.4, -0.2) is 18.7 Å². The lowest BCUT2D eigenvalue weighted by Gasteiger charge is -2.28. The Labute approximate surface area is 117 Å². The van der Waals surface area contributed by atoms with Gasteiger partial charge in [0.2, 0.25) is 0 Å². The summed E-state index contributed by atoms with van der Waals surface area (Å²) in [6.45, 7) is 5.27. The third-order valence-electron chi connectivity index (χ3n) is 3.79. The van der Waals surface area contributed by atoms with Gasteiger partial charge in [-0.15, -0.1) is 0 Å². The lowest BCUT2D eigenvalue weighted by molar-refractivity contribution is -0.0312. The van der Waals surface area contributed by atoms with Gasteiger partial charge in [-0.2, -0.15) is 0 Å². The average Bonchev–Trinajstić information content (AvgIpc) is 2.45. The minimum Gasteiger partial charge on any atom is -0.369 e. The summed E-state index contributed by atoms with van der Waals surface area (Å²) in [5.41, 5.74) is 1.29. The van der Waals surface area contributed by atoms with Crippen molar-refractivity contribution in [2.45, 2.75) is 64.2 Å². The van der Waals surface area contributed by atoms with E-state index in [0.29, 0.717) is 12.1 Å². The molecule has 2 rings (SSSR count). The second kappa shape index (κ2) is 7.66. The summed E-state index contributed by atoms with van der Waals surface area (Å²) in [7, 11) is 0. The van der Waals surface area contributed by atoms with E-state index < -0.39 is 0 Å². The molecule has 0 aliphatic heterocycles. The Balaban J connectivity index is 1.96. The maximum atomic E-state index is 6.37.